The van der Waals surface area contributed by atoms with Crippen LogP contribution in [0.4, 0.5) is 0 Å². The van der Waals surface area contributed by atoms with Crippen LogP contribution in [0.25, 0.3) is 10.9 Å². The van der Waals surface area contributed by atoms with Gasteiger partial charge in [0, 0.05) is 11.1 Å². The summed E-state index contributed by atoms with van der Waals surface area (Å²) in [7, 11) is 0. The Balaban J connectivity index is 2.54. The van der Waals surface area contributed by atoms with Gasteiger partial charge in [0.05, 0.1) is 11.5 Å². The molecule has 0 saturated heterocycles. The van der Waals surface area contributed by atoms with Gasteiger partial charge in [0.25, 0.3) is 0 Å². The molecule has 0 saturated carbocycles. The van der Waals surface area contributed by atoms with E-state index in [0.717, 1.165) is 27.1 Å². The van der Waals surface area contributed by atoms with Crippen LogP contribution in [0.1, 0.15) is 16.7 Å². The van der Waals surface area contributed by atoms with Crippen molar-refractivity contribution in [1.29, 1.82) is 0 Å². The Morgan fingerprint density at radius 1 is 1.22 bits per heavy atom. The van der Waals surface area contributed by atoms with Gasteiger partial charge in [-0.05, 0) is 43.5 Å². The van der Waals surface area contributed by atoms with E-state index in [-0.39, 0.29) is 5.75 Å². The maximum atomic E-state index is 10.5. The number of rotatable bonds is 3. The summed E-state index contributed by atoms with van der Waals surface area (Å²) < 4.78 is 0. The van der Waals surface area contributed by atoms with Crippen molar-refractivity contribution in [1.82, 2.24) is 4.98 Å². The molecule has 0 amide bonds. The molecule has 18 heavy (non-hydrogen) atoms. The van der Waals surface area contributed by atoms with Crippen LogP contribution in [-0.4, -0.2) is 16.7 Å². The van der Waals surface area contributed by atoms with Crippen LogP contribution < -0.4 is 5.11 Å². The summed E-state index contributed by atoms with van der Waals surface area (Å²) in [5.41, 5.74) is 4.23. The molecule has 0 aliphatic carbocycles. The van der Waals surface area contributed by atoms with E-state index in [9.17, 15) is 9.90 Å². The standard InChI is InChI=1S/C14H15NO2S/c1-8-4-5-9(2)13-11(8)6-10(3)14(15-13)18-7-12(16)17/h4-6H,7H2,1-3H3,(H,16,17)/p-1. The highest BCUT2D eigenvalue weighted by atomic mass is 32.2. The molecule has 94 valence electrons. The SMILES string of the molecule is Cc1cc2c(C)ccc(C)c2nc1SCC(=O)[O-]. The maximum absolute atomic E-state index is 10.5. The molecular weight excluding hydrogens is 246 g/mol. The van der Waals surface area contributed by atoms with E-state index >= 15 is 0 Å². The molecule has 0 aliphatic rings. The number of hydrogen-bond donors (Lipinski definition) is 0. The number of pyridine rings is 1. The topological polar surface area (TPSA) is 53.0 Å². The molecule has 0 N–H and O–H groups in total. The number of hydrogen-bond acceptors (Lipinski definition) is 4. The molecule has 0 bridgehead atoms. The fraction of sp³-hybridized carbons (Fsp3) is 0.286. The van der Waals surface area contributed by atoms with Crippen molar-refractivity contribution in [3.8, 4) is 0 Å². The van der Waals surface area contributed by atoms with Crippen molar-refractivity contribution in [3.05, 3.63) is 34.9 Å². The van der Waals surface area contributed by atoms with E-state index in [4.69, 9.17) is 0 Å². The summed E-state index contributed by atoms with van der Waals surface area (Å²) in [4.78, 5) is 15.1. The Morgan fingerprint density at radius 3 is 2.56 bits per heavy atom. The molecule has 0 unspecified atom stereocenters. The first-order valence-electron chi connectivity index (χ1n) is 5.69. The number of aliphatic carboxylic acids is 1. The Hall–Kier alpha value is -1.55. The van der Waals surface area contributed by atoms with Gasteiger partial charge < -0.3 is 9.90 Å². The van der Waals surface area contributed by atoms with Crippen LogP contribution in [-0.2, 0) is 4.79 Å². The quantitative estimate of drug-likeness (QED) is 0.792. The lowest BCUT2D eigenvalue weighted by atomic mass is 10.0. The molecule has 0 spiro atoms. The molecule has 4 heteroatoms. The van der Waals surface area contributed by atoms with Gasteiger partial charge in [0.1, 0.15) is 5.03 Å². The minimum absolute atomic E-state index is 0.0653. The second kappa shape index (κ2) is 4.98. The third kappa shape index (κ3) is 2.48. The van der Waals surface area contributed by atoms with Gasteiger partial charge in [-0.2, -0.15) is 0 Å². The van der Waals surface area contributed by atoms with Gasteiger partial charge >= 0.3 is 0 Å². The molecule has 1 heterocycles. The molecule has 2 aromatic rings. The predicted molar refractivity (Wildman–Crippen MR) is 71.7 cm³/mol. The molecule has 2 rings (SSSR count). The molecule has 0 atom stereocenters. The molecule has 0 aliphatic heterocycles. The zero-order valence-electron chi connectivity index (χ0n) is 10.6. The van der Waals surface area contributed by atoms with Crippen LogP contribution in [0, 0.1) is 20.8 Å². The van der Waals surface area contributed by atoms with Crippen molar-refractivity contribution in [3.63, 3.8) is 0 Å². The van der Waals surface area contributed by atoms with Crippen molar-refractivity contribution >= 4 is 28.6 Å². The van der Waals surface area contributed by atoms with Gasteiger partial charge in [-0.15, -0.1) is 11.8 Å². The van der Waals surface area contributed by atoms with Crippen LogP contribution in [0.15, 0.2) is 23.2 Å². The minimum atomic E-state index is -1.07. The van der Waals surface area contributed by atoms with Gasteiger partial charge in [-0.25, -0.2) is 4.98 Å². The number of carboxylic acid groups (broad SMARTS) is 1. The second-order valence-corrected chi connectivity index (χ2v) is 5.33. The highest BCUT2D eigenvalue weighted by molar-refractivity contribution is 7.99. The van der Waals surface area contributed by atoms with E-state index in [0.29, 0.717) is 0 Å². The highest BCUT2D eigenvalue weighted by Crippen LogP contribution is 2.27. The Morgan fingerprint density at radius 2 is 1.89 bits per heavy atom. The fourth-order valence-corrected chi connectivity index (χ4v) is 2.59. The maximum Gasteiger partial charge on any atom is 0.100 e. The predicted octanol–water partition coefficient (Wildman–Crippen LogP) is 2.00. The zero-order valence-corrected chi connectivity index (χ0v) is 11.4. The summed E-state index contributed by atoms with van der Waals surface area (Å²) in [6.45, 7) is 6.01. The highest BCUT2D eigenvalue weighted by Gasteiger charge is 2.08. The number of carbonyl (C=O) groups excluding carboxylic acids is 1. The monoisotopic (exact) mass is 260 g/mol. The summed E-state index contributed by atoms with van der Waals surface area (Å²) in [6.07, 6.45) is 0. The summed E-state index contributed by atoms with van der Waals surface area (Å²) >= 11 is 1.21. The van der Waals surface area contributed by atoms with Crippen LogP contribution in [0.2, 0.25) is 0 Å². The molecule has 3 nitrogen and oxygen atoms in total. The summed E-state index contributed by atoms with van der Waals surface area (Å²) in [5.74, 6) is -1.13. The number of nitrogens with zero attached hydrogens (tertiary/aromatic N) is 1. The molecule has 0 radical (unpaired) electrons. The average molecular weight is 260 g/mol. The first kappa shape index (κ1) is 12.9. The number of benzene rings is 1. The lowest BCUT2D eigenvalue weighted by Gasteiger charge is -2.10. The van der Waals surface area contributed by atoms with E-state index in [1.54, 1.807) is 0 Å². The van der Waals surface area contributed by atoms with Gasteiger partial charge in [-0.1, -0.05) is 12.1 Å². The lowest BCUT2D eigenvalue weighted by Crippen LogP contribution is -2.24. The Bertz CT molecular complexity index is 623. The number of aryl methyl sites for hydroxylation is 3. The summed E-state index contributed by atoms with van der Waals surface area (Å²) in [5, 5.41) is 12.4. The normalized spacial score (nSPS) is 10.8. The first-order valence-corrected chi connectivity index (χ1v) is 6.68. The molecule has 1 aromatic carbocycles. The number of aromatic nitrogens is 1. The van der Waals surface area contributed by atoms with E-state index < -0.39 is 5.97 Å². The second-order valence-electron chi connectivity index (χ2n) is 4.37. The van der Waals surface area contributed by atoms with Crippen molar-refractivity contribution in [2.75, 3.05) is 5.75 Å². The number of fused-ring (bicyclic) bond motifs is 1. The van der Waals surface area contributed by atoms with E-state index in [1.807, 2.05) is 19.9 Å². The van der Waals surface area contributed by atoms with Gasteiger partial charge in [0.15, 0.2) is 0 Å². The van der Waals surface area contributed by atoms with Crippen molar-refractivity contribution in [2.45, 2.75) is 25.8 Å². The van der Waals surface area contributed by atoms with Gasteiger partial charge in [0.2, 0.25) is 0 Å². The molecule has 0 fully saturated rings. The number of thioether (sulfide) groups is 1. The fourth-order valence-electron chi connectivity index (χ4n) is 1.89. The lowest BCUT2D eigenvalue weighted by molar-refractivity contribution is -0.301. The van der Waals surface area contributed by atoms with Crippen LogP contribution >= 0.6 is 11.8 Å². The van der Waals surface area contributed by atoms with Crippen LogP contribution in [0.3, 0.4) is 0 Å². The van der Waals surface area contributed by atoms with E-state index in [2.05, 4.69) is 24.0 Å². The Kier molecular flexibility index (Phi) is 3.57. The number of carbonyl (C=O) groups is 1. The smallest absolute Gasteiger partial charge is 0.100 e. The molecular formula is C14H14NO2S-. The largest absolute Gasteiger partial charge is 0.549 e. The third-order valence-corrected chi connectivity index (χ3v) is 3.94. The first-order chi connectivity index (χ1) is 8.49. The zero-order chi connectivity index (χ0) is 13.3. The molecule has 1 aromatic heterocycles. The minimum Gasteiger partial charge on any atom is -0.549 e. The van der Waals surface area contributed by atoms with Crippen molar-refractivity contribution in [2.24, 2.45) is 0 Å². The average Bonchev–Trinajstić information content (AvgIpc) is 2.32. The van der Waals surface area contributed by atoms with Gasteiger partial charge in [-0.3, -0.25) is 0 Å². The Labute approximate surface area is 110 Å². The number of carboxylic acids is 1. The summed E-state index contributed by atoms with van der Waals surface area (Å²) in [6, 6.07) is 6.18. The van der Waals surface area contributed by atoms with Crippen molar-refractivity contribution < 1.29 is 9.90 Å². The van der Waals surface area contributed by atoms with Crippen LogP contribution in [0.5, 0.6) is 0 Å². The third-order valence-electron chi connectivity index (χ3n) is 2.88. The van der Waals surface area contributed by atoms with E-state index in [1.165, 1.54) is 17.3 Å².